The van der Waals surface area contributed by atoms with E-state index in [-0.39, 0.29) is 34.6 Å². The van der Waals surface area contributed by atoms with Crippen LogP contribution < -0.4 is 5.32 Å². The van der Waals surface area contributed by atoms with Gasteiger partial charge in [0.1, 0.15) is 0 Å². The highest BCUT2D eigenvalue weighted by atomic mass is 16.2. The van der Waals surface area contributed by atoms with Crippen molar-refractivity contribution in [1.82, 2.24) is 10.2 Å². The maximum Gasteiger partial charge on any atom is 0.227 e. The van der Waals surface area contributed by atoms with Crippen molar-refractivity contribution >= 4 is 11.8 Å². The lowest BCUT2D eigenvalue weighted by Crippen LogP contribution is -2.50. The summed E-state index contributed by atoms with van der Waals surface area (Å²) in [5.74, 6) is 0.943. The van der Waals surface area contributed by atoms with Crippen molar-refractivity contribution in [2.75, 3.05) is 13.1 Å². The van der Waals surface area contributed by atoms with E-state index in [1.807, 2.05) is 25.7 Å². The van der Waals surface area contributed by atoms with Crippen LogP contribution in [0.25, 0.3) is 0 Å². The quantitative estimate of drug-likeness (QED) is 0.846. The molecule has 1 aliphatic rings. The summed E-state index contributed by atoms with van der Waals surface area (Å²) < 4.78 is 0. The summed E-state index contributed by atoms with van der Waals surface area (Å²) in [6.45, 7) is 18.2. The Hall–Kier alpha value is -1.06. The lowest BCUT2D eigenvalue weighted by Gasteiger charge is -2.37. The number of rotatable bonds is 4. The zero-order chi connectivity index (χ0) is 18.7. The highest BCUT2D eigenvalue weighted by Gasteiger charge is 2.34. The number of nitrogens with one attached hydrogen (secondary N) is 1. The summed E-state index contributed by atoms with van der Waals surface area (Å²) >= 11 is 0. The van der Waals surface area contributed by atoms with E-state index in [1.165, 1.54) is 0 Å². The van der Waals surface area contributed by atoms with Gasteiger partial charge in [-0.05, 0) is 30.6 Å². The molecule has 140 valence electrons. The average molecular weight is 339 g/mol. The van der Waals surface area contributed by atoms with Gasteiger partial charge in [0.05, 0.1) is 0 Å². The summed E-state index contributed by atoms with van der Waals surface area (Å²) in [7, 11) is 0. The number of piperidine rings is 1. The molecular weight excluding hydrogens is 300 g/mol. The largest absolute Gasteiger partial charge is 0.353 e. The van der Waals surface area contributed by atoms with Gasteiger partial charge in [0.15, 0.2) is 0 Å². The standard InChI is InChI=1S/C20H38N2O2/c1-14(2)13-16(19(3,4)5)21-17(23)15-9-11-22(12-10-15)18(24)20(6,7)8/h14-16H,9-13H2,1-8H3,(H,21,23). The molecule has 1 aliphatic heterocycles. The van der Waals surface area contributed by atoms with E-state index in [0.717, 1.165) is 19.3 Å². The molecule has 0 spiro atoms. The molecule has 0 aromatic carbocycles. The average Bonchev–Trinajstić information content (AvgIpc) is 2.43. The Morgan fingerprint density at radius 2 is 1.54 bits per heavy atom. The third kappa shape index (κ3) is 6.10. The number of carbonyl (C=O) groups is 2. The summed E-state index contributed by atoms with van der Waals surface area (Å²) in [5, 5.41) is 3.29. The minimum absolute atomic E-state index is 0.0334. The maximum atomic E-state index is 12.7. The Morgan fingerprint density at radius 1 is 1.04 bits per heavy atom. The highest BCUT2D eigenvalue weighted by molar-refractivity contribution is 5.82. The number of hydrogen-bond donors (Lipinski definition) is 1. The molecule has 4 heteroatoms. The highest BCUT2D eigenvalue weighted by Crippen LogP contribution is 2.27. The molecule has 24 heavy (non-hydrogen) atoms. The number of likely N-dealkylation sites (tertiary alicyclic amines) is 1. The van der Waals surface area contributed by atoms with E-state index < -0.39 is 0 Å². The summed E-state index contributed by atoms with van der Waals surface area (Å²) in [6, 6.07) is 0.194. The second-order valence-electron chi connectivity index (χ2n) is 9.87. The molecule has 1 rings (SSSR count). The van der Waals surface area contributed by atoms with Gasteiger partial charge in [-0.2, -0.15) is 0 Å². The van der Waals surface area contributed by atoms with Crippen LogP contribution in [0.3, 0.4) is 0 Å². The van der Waals surface area contributed by atoms with Crippen LogP contribution in [-0.4, -0.2) is 35.8 Å². The zero-order valence-corrected chi connectivity index (χ0v) is 17.0. The van der Waals surface area contributed by atoms with E-state index in [2.05, 4.69) is 39.9 Å². The lowest BCUT2D eigenvalue weighted by molar-refractivity contribution is -0.142. The van der Waals surface area contributed by atoms with Gasteiger partial charge in [-0.1, -0.05) is 55.4 Å². The van der Waals surface area contributed by atoms with Crippen LogP contribution in [0.5, 0.6) is 0 Å². The van der Waals surface area contributed by atoms with E-state index >= 15 is 0 Å². The van der Waals surface area contributed by atoms with Crippen molar-refractivity contribution in [1.29, 1.82) is 0 Å². The van der Waals surface area contributed by atoms with Crippen LogP contribution in [-0.2, 0) is 9.59 Å². The Morgan fingerprint density at radius 3 is 1.92 bits per heavy atom. The van der Waals surface area contributed by atoms with Crippen molar-refractivity contribution in [3.05, 3.63) is 0 Å². The van der Waals surface area contributed by atoms with Gasteiger partial charge in [0.25, 0.3) is 0 Å². The Kier molecular flexibility index (Phi) is 6.89. The van der Waals surface area contributed by atoms with Crippen LogP contribution in [0.15, 0.2) is 0 Å². The van der Waals surface area contributed by atoms with Gasteiger partial charge < -0.3 is 10.2 Å². The van der Waals surface area contributed by atoms with E-state index in [9.17, 15) is 9.59 Å². The molecule has 0 aliphatic carbocycles. The fraction of sp³-hybridized carbons (Fsp3) is 0.900. The van der Waals surface area contributed by atoms with Crippen molar-refractivity contribution in [2.24, 2.45) is 22.7 Å². The molecule has 2 amide bonds. The fourth-order valence-corrected chi connectivity index (χ4v) is 3.21. The van der Waals surface area contributed by atoms with Gasteiger partial charge in [-0.15, -0.1) is 0 Å². The smallest absolute Gasteiger partial charge is 0.227 e. The second kappa shape index (κ2) is 7.88. The first kappa shape index (κ1) is 21.0. The van der Waals surface area contributed by atoms with Gasteiger partial charge in [-0.3, -0.25) is 9.59 Å². The molecule has 0 bridgehead atoms. The first-order chi connectivity index (χ1) is 10.8. The first-order valence-corrected chi connectivity index (χ1v) is 9.42. The third-order valence-electron chi connectivity index (χ3n) is 4.86. The monoisotopic (exact) mass is 338 g/mol. The predicted octanol–water partition coefficient (Wildman–Crippen LogP) is 3.85. The summed E-state index contributed by atoms with van der Waals surface area (Å²) in [6.07, 6.45) is 2.54. The number of nitrogens with zero attached hydrogens (tertiary/aromatic N) is 1. The molecular formula is C20H38N2O2. The van der Waals surface area contributed by atoms with Crippen LogP contribution >= 0.6 is 0 Å². The van der Waals surface area contributed by atoms with Crippen molar-refractivity contribution in [3.8, 4) is 0 Å². The van der Waals surface area contributed by atoms with Gasteiger partial charge in [0.2, 0.25) is 11.8 Å². The first-order valence-electron chi connectivity index (χ1n) is 9.42. The van der Waals surface area contributed by atoms with E-state index in [1.54, 1.807) is 0 Å². The van der Waals surface area contributed by atoms with Crippen LogP contribution in [0.4, 0.5) is 0 Å². The van der Waals surface area contributed by atoms with Crippen molar-refractivity contribution in [3.63, 3.8) is 0 Å². The number of carbonyl (C=O) groups excluding carboxylic acids is 2. The molecule has 1 unspecified atom stereocenters. The molecule has 1 fully saturated rings. The maximum absolute atomic E-state index is 12.7. The Balaban J connectivity index is 2.60. The molecule has 0 aromatic heterocycles. The predicted molar refractivity (Wildman–Crippen MR) is 99.6 cm³/mol. The lowest BCUT2D eigenvalue weighted by atomic mass is 9.81. The molecule has 0 saturated carbocycles. The summed E-state index contributed by atoms with van der Waals surface area (Å²) in [4.78, 5) is 27.0. The molecule has 4 nitrogen and oxygen atoms in total. The minimum atomic E-state index is -0.344. The molecule has 1 saturated heterocycles. The number of hydrogen-bond acceptors (Lipinski definition) is 2. The molecule has 1 heterocycles. The number of amides is 2. The van der Waals surface area contributed by atoms with E-state index in [0.29, 0.717) is 19.0 Å². The minimum Gasteiger partial charge on any atom is -0.353 e. The third-order valence-corrected chi connectivity index (χ3v) is 4.86. The zero-order valence-electron chi connectivity index (χ0n) is 17.0. The Bertz CT molecular complexity index is 436. The molecule has 1 atom stereocenters. The van der Waals surface area contributed by atoms with Crippen molar-refractivity contribution < 1.29 is 9.59 Å². The second-order valence-corrected chi connectivity index (χ2v) is 9.87. The van der Waals surface area contributed by atoms with Crippen LogP contribution in [0.2, 0.25) is 0 Å². The van der Waals surface area contributed by atoms with Gasteiger partial charge in [-0.25, -0.2) is 0 Å². The molecule has 1 N–H and O–H groups in total. The van der Waals surface area contributed by atoms with Gasteiger partial charge in [0, 0.05) is 30.5 Å². The SMILES string of the molecule is CC(C)CC(NC(=O)C1CCN(C(=O)C(C)(C)C)CC1)C(C)(C)C. The van der Waals surface area contributed by atoms with Gasteiger partial charge >= 0.3 is 0 Å². The van der Waals surface area contributed by atoms with Crippen LogP contribution in [0, 0.1) is 22.7 Å². The van der Waals surface area contributed by atoms with E-state index in [4.69, 9.17) is 0 Å². The molecule has 0 radical (unpaired) electrons. The topological polar surface area (TPSA) is 49.4 Å². The summed E-state index contributed by atoms with van der Waals surface area (Å²) in [5.41, 5.74) is -0.285. The van der Waals surface area contributed by atoms with Crippen molar-refractivity contribution in [2.45, 2.75) is 80.7 Å². The molecule has 0 aromatic rings. The Labute approximate surface area is 148 Å². The van der Waals surface area contributed by atoms with Crippen LogP contribution in [0.1, 0.15) is 74.7 Å². The fourth-order valence-electron chi connectivity index (χ4n) is 3.21. The normalized spacial score (nSPS) is 18.6.